The summed E-state index contributed by atoms with van der Waals surface area (Å²) in [6, 6.07) is 0.0673. The van der Waals surface area contributed by atoms with Gasteiger partial charge in [-0.25, -0.2) is 14.2 Å². The van der Waals surface area contributed by atoms with Crippen LogP contribution in [0.2, 0.25) is 0 Å². The summed E-state index contributed by atoms with van der Waals surface area (Å²) in [5.74, 6) is -0.119. The molecular formula is C23H33F4N3O2. The maximum Gasteiger partial charge on any atom is 0.417 e. The molecule has 5 atom stereocenters. The molecular weight excluding hydrogens is 426 g/mol. The van der Waals surface area contributed by atoms with Crippen molar-refractivity contribution in [1.82, 2.24) is 10.3 Å². The second-order valence-corrected chi connectivity index (χ2v) is 9.95. The van der Waals surface area contributed by atoms with E-state index in [9.17, 15) is 22.4 Å². The highest BCUT2D eigenvalue weighted by molar-refractivity contribution is 5.68. The number of halogens is 4. The van der Waals surface area contributed by atoms with Crippen molar-refractivity contribution in [2.24, 2.45) is 17.8 Å². The van der Waals surface area contributed by atoms with E-state index < -0.39 is 29.2 Å². The number of hydrogen-bond donors (Lipinski definition) is 2. The number of nitrogens with zero attached hydrogens (tertiary/aromatic N) is 1. The molecule has 2 saturated carbocycles. The zero-order valence-corrected chi connectivity index (χ0v) is 19.1. The summed E-state index contributed by atoms with van der Waals surface area (Å²) in [6.07, 6.45) is 0.301. The van der Waals surface area contributed by atoms with Gasteiger partial charge in [0.2, 0.25) is 0 Å². The summed E-state index contributed by atoms with van der Waals surface area (Å²) < 4.78 is 58.5. The molecule has 2 fully saturated rings. The van der Waals surface area contributed by atoms with Crippen molar-refractivity contribution in [1.29, 1.82) is 0 Å². The molecule has 0 radical (unpaired) electrons. The van der Waals surface area contributed by atoms with E-state index in [0.717, 1.165) is 25.7 Å². The average Bonchev–Trinajstić information content (AvgIpc) is 3.02. The van der Waals surface area contributed by atoms with Gasteiger partial charge >= 0.3 is 12.3 Å². The molecule has 0 aromatic carbocycles. The number of alkyl carbamates (subject to hydrolysis) is 1. The molecule has 180 valence electrons. The fraction of sp³-hybridized carbons (Fsp3) is 0.739. The lowest BCUT2D eigenvalue weighted by Crippen LogP contribution is -2.53. The Labute approximate surface area is 186 Å². The van der Waals surface area contributed by atoms with Crippen molar-refractivity contribution in [2.75, 3.05) is 5.32 Å². The number of anilines is 1. The molecule has 5 nitrogen and oxygen atoms in total. The molecule has 0 bridgehead atoms. The van der Waals surface area contributed by atoms with E-state index in [2.05, 4.69) is 36.4 Å². The smallest absolute Gasteiger partial charge is 0.417 e. The van der Waals surface area contributed by atoms with Crippen LogP contribution in [0.3, 0.4) is 0 Å². The van der Waals surface area contributed by atoms with Crippen LogP contribution >= 0.6 is 0 Å². The van der Waals surface area contributed by atoms with Gasteiger partial charge in [0.15, 0.2) is 11.6 Å². The molecule has 2 N–H and O–H groups in total. The third-order valence-corrected chi connectivity index (χ3v) is 7.04. The Morgan fingerprint density at radius 2 is 2.00 bits per heavy atom. The molecule has 1 amide bonds. The first-order valence-corrected chi connectivity index (χ1v) is 11.4. The van der Waals surface area contributed by atoms with Crippen LogP contribution in [-0.4, -0.2) is 28.8 Å². The third kappa shape index (κ3) is 5.64. The Morgan fingerprint density at radius 3 is 2.62 bits per heavy atom. The van der Waals surface area contributed by atoms with E-state index in [4.69, 9.17) is 4.74 Å². The minimum Gasteiger partial charge on any atom is -0.446 e. The number of ether oxygens (including phenoxy) is 1. The maximum absolute atomic E-state index is 14.3. The first-order valence-electron chi connectivity index (χ1n) is 11.4. The van der Waals surface area contributed by atoms with E-state index >= 15 is 0 Å². The first-order chi connectivity index (χ1) is 14.9. The minimum absolute atomic E-state index is 0.145. The van der Waals surface area contributed by atoms with Crippen molar-refractivity contribution < 1.29 is 27.1 Å². The Morgan fingerprint density at radius 1 is 1.28 bits per heavy atom. The van der Waals surface area contributed by atoms with Gasteiger partial charge in [-0.3, -0.25) is 0 Å². The Kier molecular flexibility index (Phi) is 7.25. The number of aromatic nitrogens is 1. The summed E-state index contributed by atoms with van der Waals surface area (Å²) in [4.78, 5) is 16.4. The number of carbonyl (C=O) groups excluding carboxylic acids is 1. The zero-order chi connectivity index (χ0) is 23.7. The molecule has 9 heteroatoms. The Hall–Kier alpha value is -2.06. The van der Waals surface area contributed by atoms with Crippen molar-refractivity contribution in [3.8, 4) is 0 Å². The molecule has 1 aromatic rings. The lowest BCUT2D eigenvalue weighted by molar-refractivity contribution is -0.138. The van der Waals surface area contributed by atoms with E-state index in [-0.39, 0.29) is 18.0 Å². The van der Waals surface area contributed by atoms with Gasteiger partial charge in [0.25, 0.3) is 0 Å². The Balaban J connectivity index is 1.66. The van der Waals surface area contributed by atoms with E-state index in [1.165, 1.54) is 0 Å². The van der Waals surface area contributed by atoms with Crippen molar-refractivity contribution in [3.05, 3.63) is 23.6 Å². The van der Waals surface area contributed by atoms with Gasteiger partial charge in [-0.1, -0.05) is 27.2 Å². The number of carbonyl (C=O) groups is 1. The van der Waals surface area contributed by atoms with E-state index in [1.807, 2.05) is 6.92 Å². The summed E-state index contributed by atoms with van der Waals surface area (Å²) in [6.45, 7) is 8.24. The van der Waals surface area contributed by atoms with Crippen molar-refractivity contribution in [2.45, 2.75) is 90.1 Å². The number of alkyl halides is 3. The molecule has 2 aliphatic rings. The monoisotopic (exact) mass is 459 g/mol. The molecule has 32 heavy (non-hydrogen) atoms. The van der Waals surface area contributed by atoms with Gasteiger partial charge in [-0.15, -0.1) is 0 Å². The van der Waals surface area contributed by atoms with Gasteiger partial charge < -0.3 is 15.4 Å². The molecule has 0 saturated heterocycles. The minimum atomic E-state index is -4.66. The number of amides is 1. The van der Waals surface area contributed by atoms with Crippen LogP contribution in [0.1, 0.15) is 71.8 Å². The zero-order valence-electron chi connectivity index (χ0n) is 19.1. The van der Waals surface area contributed by atoms with E-state index in [1.54, 1.807) is 0 Å². The van der Waals surface area contributed by atoms with Crippen molar-refractivity contribution in [3.63, 3.8) is 0 Å². The largest absolute Gasteiger partial charge is 0.446 e. The lowest BCUT2D eigenvalue weighted by Gasteiger charge is -2.38. The second kappa shape index (κ2) is 9.43. The standard InChI is InChI=1S/C23H33F4N3O2/c1-13(2)16-8-7-14(3)10-18(16)32-21(31)29-19-6-5-9-22(19,4)30-20-17(24)11-15(12-28-20)23(25,26)27/h11-14,16,18-19H,5-10H2,1-4H3,(H,28,30)(H,29,31). The number of rotatable bonds is 5. The summed E-state index contributed by atoms with van der Waals surface area (Å²) in [5, 5.41) is 5.85. The summed E-state index contributed by atoms with van der Waals surface area (Å²) in [7, 11) is 0. The number of nitrogens with one attached hydrogen (secondary N) is 2. The number of hydrogen-bond acceptors (Lipinski definition) is 4. The highest BCUT2D eigenvalue weighted by Crippen LogP contribution is 2.37. The van der Waals surface area contributed by atoms with Crippen LogP contribution in [0.5, 0.6) is 0 Å². The highest BCUT2D eigenvalue weighted by Gasteiger charge is 2.42. The van der Waals surface area contributed by atoms with E-state index in [0.29, 0.717) is 42.9 Å². The van der Waals surface area contributed by atoms with Crippen molar-refractivity contribution >= 4 is 11.9 Å². The lowest BCUT2D eigenvalue weighted by atomic mass is 9.75. The van der Waals surface area contributed by atoms with Crippen LogP contribution in [0.25, 0.3) is 0 Å². The molecule has 0 aliphatic heterocycles. The molecule has 5 unspecified atom stereocenters. The molecule has 2 aliphatic carbocycles. The topological polar surface area (TPSA) is 63.2 Å². The molecule has 1 aromatic heterocycles. The van der Waals surface area contributed by atoms with Crippen LogP contribution in [0.4, 0.5) is 28.2 Å². The predicted molar refractivity (Wildman–Crippen MR) is 114 cm³/mol. The first kappa shape index (κ1) is 24.6. The molecule has 0 spiro atoms. The third-order valence-electron chi connectivity index (χ3n) is 7.04. The maximum atomic E-state index is 14.3. The molecule has 1 heterocycles. The summed E-state index contributed by atoms with van der Waals surface area (Å²) >= 11 is 0. The van der Waals surface area contributed by atoms with Crippen LogP contribution in [0, 0.1) is 23.6 Å². The van der Waals surface area contributed by atoms with Gasteiger partial charge in [0.05, 0.1) is 17.1 Å². The van der Waals surface area contributed by atoms with Crippen LogP contribution in [-0.2, 0) is 10.9 Å². The van der Waals surface area contributed by atoms with Crippen LogP contribution < -0.4 is 10.6 Å². The van der Waals surface area contributed by atoms with Gasteiger partial charge in [0.1, 0.15) is 6.10 Å². The van der Waals surface area contributed by atoms with Crippen LogP contribution in [0.15, 0.2) is 12.3 Å². The summed E-state index contributed by atoms with van der Waals surface area (Å²) in [5.41, 5.74) is -1.90. The highest BCUT2D eigenvalue weighted by atomic mass is 19.4. The fourth-order valence-electron chi connectivity index (χ4n) is 5.07. The SMILES string of the molecule is CC1CCC(C(C)C)C(OC(=O)NC2CCCC2(C)Nc2ncc(C(F)(F)F)cc2F)C1. The van der Waals surface area contributed by atoms with Gasteiger partial charge in [-0.2, -0.15) is 13.2 Å². The average molecular weight is 460 g/mol. The second-order valence-electron chi connectivity index (χ2n) is 9.95. The molecule has 3 rings (SSSR count). The predicted octanol–water partition coefficient (Wildman–Crippen LogP) is 6.15. The fourth-order valence-corrected chi connectivity index (χ4v) is 5.07. The van der Waals surface area contributed by atoms with Gasteiger partial charge in [-0.05, 0) is 62.8 Å². The normalized spacial score (nSPS) is 30.9. The number of pyridine rings is 1. The quantitative estimate of drug-likeness (QED) is 0.519. The van der Waals surface area contributed by atoms with Gasteiger partial charge in [0, 0.05) is 6.20 Å². The Bertz CT molecular complexity index is 817.